The Hall–Kier alpha value is -3.23. The predicted octanol–water partition coefficient (Wildman–Crippen LogP) is 1.83. The van der Waals surface area contributed by atoms with Crippen LogP contribution in [0.1, 0.15) is 21.5 Å². The van der Waals surface area contributed by atoms with Crippen LogP contribution in [-0.2, 0) is 20.8 Å². The van der Waals surface area contributed by atoms with Crippen LogP contribution in [0.15, 0.2) is 53.6 Å². The molecule has 1 heterocycles. The number of benzene rings is 2. The van der Waals surface area contributed by atoms with Gasteiger partial charge in [0.1, 0.15) is 5.75 Å². The molecule has 1 saturated heterocycles. The zero-order chi connectivity index (χ0) is 21.2. The first kappa shape index (κ1) is 21.5. The van der Waals surface area contributed by atoms with Crippen LogP contribution in [0.4, 0.5) is 0 Å². The SMILES string of the molecule is COC(=O)COc1ccc(/C=N\NC(=O)c2ccc(CN3CCOCC3)cc2)cc1. The Labute approximate surface area is 175 Å². The Morgan fingerprint density at radius 1 is 1.10 bits per heavy atom. The summed E-state index contributed by atoms with van der Waals surface area (Å²) < 4.78 is 15.1. The summed E-state index contributed by atoms with van der Waals surface area (Å²) >= 11 is 0. The van der Waals surface area contributed by atoms with Crippen molar-refractivity contribution >= 4 is 18.1 Å². The van der Waals surface area contributed by atoms with E-state index in [1.807, 2.05) is 12.1 Å². The molecule has 8 heteroatoms. The Balaban J connectivity index is 1.46. The molecule has 0 spiro atoms. The van der Waals surface area contributed by atoms with E-state index in [9.17, 15) is 9.59 Å². The average molecular weight is 411 g/mol. The van der Waals surface area contributed by atoms with Gasteiger partial charge in [-0.3, -0.25) is 9.69 Å². The van der Waals surface area contributed by atoms with Gasteiger partial charge in [-0.05, 0) is 47.5 Å². The summed E-state index contributed by atoms with van der Waals surface area (Å²) in [6, 6.07) is 14.5. The van der Waals surface area contributed by atoms with Gasteiger partial charge in [-0.1, -0.05) is 12.1 Å². The second-order valence-corrected chi connectivity index (χ2v) is 6.72. The molecule has 3 rings (SSSR count). The Morgan fingerprint density at radius 2 is 1.80 bits per heavy atom. The van der Waals surface area contributed by atoms with E-state index in [1.54, 1.807) is 36.4 Å². The third-order valence-electron chi connectivity index (χ3n) is 4.57. The van der Waals surface area contributed by atoms with Gasteiger partial charge < -0.3 is 14.2 Å². The first-order chi connectivity index (χ1) is 14.6. The maximum Gasteiger partial charge on any atom is 0.343 e. The van der Waals surface area contributed by atoms with Crippen molar-refractivity contribution in [2.75, 3.05) is 40.0 Å². The Kier molecular flexibility index (Phi) is 7.94. The van der Waals surface area contributed by atoms with E-state index in [0.29, 0.717) is 11.3 Å². The zero-order valence-corrected chi connectivity index (χ0v) is 16.9. The largest absolute Gasteiger partial charge is 0.482 e. The number of methoxy groups -OCH3 is 1. The molecule has 2 aromatic carbocycles. The van der Waals surface area contributed by atoms with Crippen LogP contribution < -0.4 is 10.2 Å². The molecule has 1 N–H and O–H groups in total. The van der Waals surface area contributed by atoms with Crippen molar-refractivity contribution in [3.8, 4) is 5.75 Å². The molecule has 30 heavy (non-hydrogen) atoms. The summed E-state index contributed by atoms with van der Waals surface area (Å²) in [5, 5.41) is 3.99. The van der Waals surface area contributed by atoms with Gasteiger partial charge in [0, 0.05) is 25.2 Å². The molecule has 1 aliphatic heterocycles. The average Bonchev–Trinajstić information content (AvgIpc) is 2.79. The topological polar surface area (TPSA) is 89.5 Å². The van der Waals surface area contributed by atoms with Crippen LogP contribution >= 0.6 is 0 Å². The lowest BCUT2D eigenvalue weighted by atomic mass is 10.1. The van der Waals surface area contributed by atoms with Gasteiger partial charge in [0.25, 0.3) is 5.91 Å². The van der Waals surface area contributed by atoms with E-state index in [2.05, 4.69) is 20.2 Å². The number of amides is 1. The van der Waals surface area contributed by atoms with Crippen molar-refractivity contribution in [1.82, 2.24) is 10.3 Å². The molecule has 1 fully saturated rings. The van der Waals surface area contributed by atoms with E-state index in [1.165, 1.54) is 13.3 Å². The summed E-state index contributed by atoms with van der Waals surface area (Å²) in [6.07, 6.45) is 1.54. The predicted molar refractivity (Wildman–Crippen MR) is 112 cm³/mol. The first-order valence-corrected chi connectivity index (χ1v) is 9.66. The molecule has 0 radical (unpaired) electrons. The van der Waals surface area contributed by atoms with Crippen LogP contribution in [0, 0.1) is 0 Å². The lowest BCUT2D eigenvalue weighted by Crippen LogP contribution is -2.35. The van der Waals surface area contributed by atoms with Crippen molar-refractivity contribution in [2.45, 2.75) is 6.54 Å². The molecule has 8 nitrogen and oxygen atoms in total. The highest BCUT2D eigenvalue weighted by Crippen LogP contribution is 2.11. The molecule has 1 aliphatic rings. The number of carbonyl (C=O) groups excluding carboxylic acids is 2. The number of nitrogens with zero attached hydrogens (tertiary/aromatic N) is 2. The van der Waals surface area contributed by atoms with Crippen LogP contribution in [0.2, 0.25) is 0 Å². The molecule has 2 aromatic rings. The van der Waals surface area contributed by atoms with E-state index < -0.39 is 5.97 Å². The van der Waals surface area contributed by atoms with Gasteiger partial charge in [-0.25, -0.2) is 10.2 Å². The number of ether oxygens (including phenoxy) is 3. The van der Waals surface area contributed by atoms with E-state index in [4.69, 9.17) is 9.47 Å². The minimum absolute atomic E-state index is 0.148. The minimum Gasteiger partial charge on any atom is -0.482 e. The van der Waals surface area contributed by atoms with E-state index in [-0.39, 0.29) is 12.5 Å². The first-order valence-electron chi connectivity index (χ1n) is 9.66. The summed E-state index contributed by atoms with van der Waals surface area (Å²) in [7, 11) is 1.30. The lowest BCUT2D eigenvalue weighted by molar-refractivity contribution is -0.142. The van der Waals surface area contributed by atoms with Crippen LogP contribution in [0.5, 0.6) is 5.75 Å². The van der Waals surface area contributed by atoms with Gasteiger partial charge in [-0.15, -0.1) is 0 Å². The second kappa shape index (κ2) is 11.1. The summed E-state index contributed by atoms with van der Waals surface area (Å²) in [4.78, 5) is 25.6. The molecule has 0 bridgehead atoms. The zero-order valence-electron chi connectivity index (χ0n) is 16.9. The van der Waals surface area contributed by atoms with Gasteiger partial charge in [0.05, 0.1) is 26.5 Å². The number of esters is 1. The van der Waals surface area contributed by atoms with Crippen LogP contribution in [-0.4, -0.2) is 63.0 Å². The fourth-order valence-electron chi connectivity index (χ4n) is 2.86. The lowest BCUT2D eigenvalue weighted by Gasteiger charge is -2.26. The number of hydrogen-bond acceptors (Lipinski definition) is 7. The van der Waals surface area contributed by atoms with E-state index >= 15 is 0 Å². The molecular weight excluding hydrogens is 386 g/mol. The molecule has 0 aromatic heterocycles. The number of nitrogens with one attached hydrogen (secondary N) is 1. The van der Waals surface area contributed by atoms with Gasteiger partial charge >= 0.3 is 5.97 Å². The normalized spacial score (nSPS) is 14.4. The second-order valence-electron chi connectivity index (χ2n) is 6.72. The van der Waals surface area contributed by atoms with E-state index in [0.717, 1.165) is 44.0 Å². The van der Waals surface area contributed by atoms with Gasteiger partial charge in [-0.2, -0.15) is 5.10 Å². The molecule has 1 amide bonds. The van der Waals surface area contributed by atoms with Crippen molar-refractivity contribution in [2.24, 2.45) is 5.10 Å². The smallest absolute Gasteiger partial charge is 0.343 e. The van der Waals surface area contributed by atoms with Crippen LogP contribution in [0.25, 0.3) is 0 Å². The maximum absolute atomic E-state index is 12.3. The van der Waals surface area contributed by atoms with Crippen molar-refractivity contribution in [1.29, 1.82) is 0 Å². The molecule has 0 saturated carbocycles. The Morgan fingerprint density at radius 3 is 2.47 bits per heavy atom. The van der Waals surface area contributed by atoms with Crippen molar-refractivity contribution in [3.05, 3.63) is 65.2 Å². The third kappa shape index (κ3) is 6.68. The number of hydrazone groups is 1. The summed E-state index contributed by atoms with van der Waals surface area (Å²) in [5.74, 6) is -0.182. The highest BCUT2D eigenvalue weighted by Gasteiger charge is 2.11. The number of carbonyl (C=O) groups is 2. The molecule has 0 atom stereocenters. The standard InChI is InChI=1S/C22H25N3O5/c1-28-21(26)16-30-20-8-4-17(5-9-20)14-23-24-22(27)19-6-2-18(3-7-19)15-25-10-12-29-13-11-25/h2-9,14H,10-13,15-16H2,1H3,(H,24,27)/b23-14-. The molecule has 0 aliphatic carbocycles. The van der Waals surface area contributed by atoms with Gasteiger partial charge in [0.2, 0.25) is 0 Å². The van der Waals surface area contributed by atoms with Crippen LogP contribution in [0.3, 0.4) is 0 Å². The highest BCUT2D eigenvalue weighted by molar-refractivity contribution is 5.94. The molecule has 0 unspecified atom stereocenters. The quantitative estimate of drug-likeness (QED) is 0.405. The fourth-order valence-corrected chi connectivity index (χ4v) is 2.86. The minimum atomic E-state index is -0.447. The van der Waals surface area contributed by atoms with Crippen molar-refractivity contribution < 1.29 is 23.8 Å². The molecular formula is C22H25N3O5. The number of rotatable bonds is 8. The number of morpholine rings is 1. The molecule has 158 valence electrons. The van der Waals surface area contributed by atoms with Crippen molar-refractivity contribution in [3.63, 3.8) is 0 Å². The monoisotopic (exact) mass is 411 g/mol. The van der Waals surface area contributed by atoms with Gasteiger partial charge in [0.15, 0.2) is 6.61 Å². The summed E-state index contributed by atoms with van der Waals surface area (Å²) in [5.41, 5.74) is 5.01. The summed E-state index contributed by atoms with van der Waals surface area (Å²) in [6.45, 7) is 4.09. The maximum atomic E-state index is 12.3. The highest BCUT2D eigenvalue weighted by atomic mass is 16.6. The number of hydrogen-bond donors (Lipinski definition) is 1. The Bertz CT molecular complexity index is 859. The fraction of sp³-hybridized carbons (Fsp3) is 0.318. The third-order valence-corrected chi connectivity index (χ3v) is 4.57.